The van der Waals surface area contributed by atoms with Crippen molar-refractivity contribution in [2.75, 3.05) is 18.4 Å². The molecule has 0 spiro atoms. The molecular formula is C33H28Cl2N4O4S. The zero-order valence-corrected chi connectivity index (χ0v) is 25.7. The van der Waals surface area contributed by atoms with Gasteiger partial charge in [0.2, 0.25) is 10.0 Å². The lowest BCUT2D eigenvalue weighted by atomic mass is 9.84. The number of fused-ring (bicyclic) bond motifs is 1. The van der Waals surface area contributed by atoms with E-state index in [1.54, 1.807) is 6.20 Å². The SMILES string of the molecule is O=C(O)c1ccccc1S(=O)(=O)N1CCC(Nc2cnnc3ccc(C(c4ccc(Cl)cc4)c4ccc(Cl)cc4)cc23)CC1. The fraction of sp³-hybridized carbons (Fsp3) is 0.182. The summed E-state index contributed by atoms with van der Waals surface area (Å²) >= 11 is 12.4. The third kappa shape index (κ3) is 6.14. The van der Waals surface area contributed by atoms with Crippen molar-refractivity contribution >= 4 is 55.8 Å². The maximum absolute atomic E-state index is 13.3. The highest BCUT2D eigenvalue weighted by Crippen LogP contribution is 2.36. The van der Waals surface area contributed by atoms with Gasteiger partial charge >= 0.3 is 5.97 Å². The lowest BCUT2D eigenvalue weighted by Crippen LogP contribution is -2.42. The summed E-state index contributed by atoms with van der Waals surface area (Å²) < 4.78 is 28.0. The summed E-state index contributed by atoms with van der Waals surface area (Å²) in [6.07, 6.45) is 2.77. The topological polar surface area (TPSA) is 112 Å². The van der Waals surface area contributed by atoms with E-state index in [1.165, 1.54) is 28.6 Å². The molecule has 0 atom stereocenters. The molecule has 1 fully saturated rings. The van der Waals surface area contributed by atoms with E-state index in [-0.39, 0.29) is 35.5 Å². The molecule has 0 aliphatic carbocycles. The second-order valence-corrected chi connectivity index (χ2v) is 13.5. The Bertz CT molecular complexity index is 1880. The minimum Gasteiger partial charge on any atom is -0.478 e. The molecule has 0 bridgehead atoms. The lowest BCUT2D eigenvalue weighted by Gasteiger charge is -2.32. The van der Waals surface area contributed by atoms with Gasteiger partial charge in [-0.25, -0.2) is 13.2 Å². The summed E-state index contributed by atoms with van der Waals surface area (Å²) in [5.41, 5.74) is 4.51. The van der Waals surface area contributed by atoms with E-state index in [2.05, 4.69) is 21.6 Å². The summed E-state index contributed by atoms with van der Waals surface area (Å²) in [7, 11) is -3.96. The Balaban J connectivity index is 1.26. The largest absolute Gasteiger partial charge is 0.478 e. The molecule has 1 aliphatic rings. The van der Waals surface area contributed by atoms with E-state index in [0.29, 0.717) is 22.9 Å². The Morgan fingerprint density at radius 3 is 2.07 bits per heavy atom. The molecule has 0 unspecified atom stereocenters. The number of carboxylic acid groups (broad SMARTS) is 1. The van der Waals surface area contributed by atoms with Gasteiger partial charge in [0.1, 0.15) is 0 Å². The first-order valence-electron chi connectivity index (χ1n) is 14.1. The number of benzene rings is 4. The summed E-state index contributed by atoms with van der Waals surface area (Å²) in [4.78, 5) is 11.5. The van der Waals surface area contributed by atoms with Crippen molar-refractivity contribution in [2.45, 2.75) is 29.7 Å². The molecule has 1 aliphatic heterocycles. The van der Waals surface area contributed by atoms with E-state index in [9.17, 15) is 18.3 Å². The Hall–Kier alpha value is -4.02. The Kier molecular flexibility index (Phi) is 8.55. The smallest absolute Gasteiger partial charge is 0.337 e. The standard InChI is InChI=1S/C33H28Cl2N4O4S/c34-24-10-5-21(6-11-24)32(22-7-12-25(35)13-8-22)23-9-14-29-28(19-23)30(20-36-38-29)37-26-15-17-39(18-16-26)44(42,43)31-4-2-1-3-27(31)33(40)41/h1-14,19-20,26,32H,15-18H2,(H,37,38)(H,40,41). The number of halogens is 2. The van der Waals surface area contributed by atoms with E-state index in [4.69, 9.17) is 23.2 Å². The average Bonchev–Trinajstić information content (AvgIpc) is 3.03. The van der Waals surface area contributed by atoms with Crippen molar-refractivity contribution in [1.82, 2.24) is 14.5 Å². The van der Waals surface area contributed by atoms with Crippen molar-refractivity contribution in [2.24, 2.45) is 0 Å². The van der Waals surface area contributed by atoms with Crippen molar-refractivity contribution in [3.05, 3.63) is 129 Å². The molecule has 44 heavy (non-hydrogen) atoms. The van der Waals surface area contributed by atoms with Gasteiger partial charge in [-0.15, -0.1) is 0 Å². The van der Waals surface area contributed by atoms with Crippen LogP contribution in [0.2, 0.25) is 10.0 Å². The van der Waals surface area contributed by atoms with Crippen molar-refractivity contribution in [1.29, 1.82) is 0 Å². The zero-order valence-electron chi connectivity index (χ0n) is 23.4. The molecule has 11 heteroatoms. The molecule has 224 valence electrons. The molecule has 2 N–H and O–H groups in total. The Morgan fingerprint density at radius 2 is 1.45 bits per heavy atom. The van der Waals surface area contributed by atoms with Crippen molar-refractivity contribution < 1.29 is 18.3 Å². The molecule has 8 nitrogen and oxygen atoms in total. The van der Waals surface area contributed by atoms with Gasteiger partial charge in [-0.2, -0.15) is 14.5 Å². The van der Waals surface area contributed by atoms with E-state index < -0.39 is 16.0 Å². The summed E-state index contributed by atoms with van der Waals surface area (Å²) in [6, 6.07) is 27.4. The molecule has 0 radical (unpaired) electrons. The highest BCUT2D eigenvalue weighted by Gasteiger charge is 2.32. The van der Waals surface area contributed by atoms with Crippen LogP contribution in [0.5, 0.6) is 0 Å². The van der Waals surface area contributed by atoms with Crippen LogP contribution in [0, 0.1) is 0 Å². The van der Waals surface area contributed by atoms with Crippen LogP contribution in [0.1, 0.15) is 45.8 Å². The van der Waals surface area contributed by atoms with Crippen molar-refractivity contribution in [3.63, 3.8) is 0 Å². The minimum absolute atomic E-state index is 0.0180. The minimum atomic E-state index is -3.96. The zero-order chi connectivity index (χ0) is 30.8. The van der Waals surface area contributed by atoms with Gasteiger partial charge in [0.15, 0.2) is 0 Å². The van der Waals surface area contributed by atoms with Gasteiger partial charge in [-0.05, 0) is 78.1 Å². The molecule has 1 aromatic heterocycles. The maximum atomic E-state index is 13.3. The first-order valence-corrected chi connectivity index (χ1v) is 16.3. The number of aromatic nitrogens is 2. The van der Waals surface area contributed by atoms with E-state index in [1.807, 2.05) is 60.7 Å². The number of nitrogens with one attached hydrogen (secondary N) is 1. The van der Waals surface area contributed by atoms with Crippen molar-refractivity contribution in [3.8, 4) is 0 Å². The fourth-order valence-electron chi connectivity index (χ4n) is 5.73. The van der Waals surface area contributed by atoms with Crippen LogP contribution in [0.4, 0.5) is 5.69 Å². The molecule has 0 amide bonds. The molecule has 0 saturated carbocycles. The molecule has 6 rings (SSSR count). The quantitative estimate of drug-likeness (QED) is 0.173. The van der Waals surface area contributed by atoms with Gasteiger partial charge in [0.25, 0.3) is 0 Å². The molecular weight excluding hydrogens is 619 g/mol. The first-order chi connectivity index (χ1) is 21.2. The van der Waals surface area contributed by atoms with Crippen LogP contribution in [-0.4, -0.2) is 53.1 Å². The number of hydrogen-bond acceptors (Lipinski definition) is 6. The predicted octanol–water partition coefficient (Wildman–Crippen LogP) is 7.08. The lowest BCUT2D eigenvalue weighted by molar-refractivity contribution is 0.0692. The number of rotatable bonds is 8. The first kappa shape index (κ1) is 30.0. The number of anilines is 1. The van der Waals surface area contributed by atoms with Gasteiger partial charge in [-0.3, -0.25) is 0 Å². The monoisotopic (exact) mass is 646 g/mol. The number of nitrogens with zero attached hydrogens (tertiary/aromatic N) is 3. The molecule has 1 saturated heterocycles. The average molecular weight is 648 g/mol. The van der Waals surface area contributed by atoms with Gasteiger partial charge in [-0.1, -0.05) is 65.7 Å². The van der Waals surface area contributed by atoms with Gasteiger partial charge < -0.3 is 10.4 Å². The highest BCUT2D eigenvalue weighted by atomic mass is 35.5. The number of carboxylic acids is 1. The second kappa shape index (κ2) is 12.5. The summed E-state index contributed by atoms with van der Waals surface area (Å²) in [5.74, 6) is -1.36. The molecule has 5 aromatic rings. The maximum Gasteiger partial charge on any atom is 0.337 e. The van der Waals surface area contributed by atoms with Crippen LogP contribution in [-0.2, 0) is 10.0 Å². The fourth-order valence-corrected chi connectivity index (χ4v) is 7.63. The number of carbonyl (C=O) groups is 1. The molecule has 4 aromatic carbocycles. The van der Waals surface area contributed by atoms with Gasteiger partial charge in [0.05, 0.1) is 27.9 Å². The number of sulfonamides is 1. The second-order valence-electron chi connectivity index (χ2n) is 10.7. The van der Waals surface area contributed by atoms with Gasteiger partial charge in [0, 0.05) is 40.5 Å². The Morgan fingerprint density at radius 1 is 0.864 bits per heavy atom. The van der Waals surface area contributed by atoms with Crippen LogP contribution < -0.4 is 5.32 Å². The van der Waals surface area contributed by atoms with Crippen LogP contribution in [0.3, 0.4) is 0 Å². The van der Waals surface area contributed by atoms with Crippen LogP contribution in [0.25, 0.3) is 10.9 Å². The third-order valence-electron chi connectivity index (χ3n) is 7.95. The van der Waals surface area contributed by atoms with Crippen LogP contribution in [0.15, 0.2) is 102 Å². The highest BCUT2D eigenvalue weighted by molar-refractivity contribution is 7.89. The van der Waals surface area contributed by atoms with E-state index in [0.717, 1.165) is 33.3 Å². The Labute approximate surface area is 265 Å². The normalized spacial score (nSPS) is 14.6. The molecule has 2 heterocycles. The third-order valence-corrected chi connectivity index (χ3v) is 10.4. The number of piperidine rings is 1. The van der Waals surface area contributed by atoms with E-state index >= 15 is 0 Å². The van der Waals surface area contributed by atoms with Crippen LogP contribution >= 0.6 is 23.2 Å². The predicted molar refractivity (Wildman–Crippen MR) is 172 cm³/mol. The summed E-state index contributed by atoms with van der Waals surface area (Å²) in [6.45, 7) is 0.510. The number of hydrogen-bond donors (Lipinski definition) is 2. The summed E-state index contributed by atoms with van der Waals surface area (Å²) in [5, 5.41) is 23.9. The number of aromatic carboxylic acids is 1.